The van der Waals surface area contributed by atoms with Crippen molar-refractivity contribution in [1.29, 1.82) is 0 Å². The molecule has 2 N–H and O–H groups in total. The van der Waals surface area contributed by atoms with E-state index >= 15 is 0 Å². The van der Waals surface area contributed by atoms with E-state index in [1.54, 1.807) is 12.1 Å². The molecule has 2 aliphatic carbocycles. The third-order valence-corrected chi connectivity index (χ3v) is 4.42. The number of fused-ring (bicyclic) bond motifs is 2. The molecule has 3 rings (SSSR count). The molecule has 1 fully saturated rings. The molecule has 0 heterocycles. The number of benzene rings is 1. The number of anilines is 1. The van der Waals surface area contributed by atoms with E-state index in [4.69, 9.17) is 16.7 Å². The minimum absolute atomic E-state index is 0.0181. The van der Waals surface area contributed by atoms with E-state index in [1.807, 2.05) is 0 Å². The molecule has 104 valence electrons. The van der Waals surface area contributed by atoms with E-state index in [1.165, 1.54) is 6.07 Å². The van der Waals surface area contributed by atoms with Gasteiger partial charge >= 0.3 is 5.97 Å². The molecule has 20 heavy (non-hydrogen) atoms. The standard InChI is InChI=1S/C15H14ClNO3/c16-12-3-1-2-10(15(19)20)13(12)17-14(18)11-7-8-4-5-9(11)6-8/h1-5,8-9,11H,6-7H2,(H,17,18)(H,19,20). The largest absolute Gasteiger partial charge is 0.478 e. The van der Waals surface area contributed by atoms with Gasteiger partial charge in [0.15, 0.2) is 0 Å². The molecule has 1 saturated carbocycles. The molecule has 0 spiro atoms. The van der Waals surface area contributed by atoms with Crippen molar-refractivity contribution in [2.24, 2.45) is 17.8 Å². The Labute approximate surface area is 121 Å². The van der Waals surface area contributed by atoms with E-state index in [0.717, 1.165) is 12.8 Å². The van der Waals surface area contributed by atoms with Gasteiger partial charge in [0.05, 0.1) is 16.3 Å². The van der Waals surface area contributed by atoms with Crippen molar-refractivity contribution in [3.8, 4) is 0 Å². The summed E-state index contributed by atoms with van der Waals surface area (Å²) in [5.41, 5.74) is 0.211. The predicted molar refractivity (Wildman–Crippen MR) is 75.9 cm³/mol. The molecule has 0 aliphatic heterocycles. The van der Waals surface area contributed by atoms with E-state index in [0.29, 0.717) is 5.92 Å². The second kappa shape index (κ2) is 4.94. The second-order valence-electron chi connectivity index (χ2n) is 5.34. The third kappa shape index (κ3) is 2.20. The lowest BCUT2D eigenvalue weighted by atomic mass is 9.92. The molecule has 1 aromatic carbocycles. The summed E-state index contributed by atoms with van der Waals surface area (Å²) >= 11 is 6.01. The first-order valence-corrected chi connectivity index (χ1v) is 6.95. The Kier molecular flexibility index (Phi) is 3.26. The summed E-state index contributed by atoms with van der Waals surface area (Å²) in [6.07, 6.45) is 6.10. The smallest absolute Gasteiger partial charge is 0.337 e. The lowest BCUT2D eigenvalue weighted by Gasteiger charge is -2.19. The number of aromatic carboxylic acids is 1. The average Bonchev–Trinajstić information content (AvgIpc) is 3.03. The molecule has 3 unspecified atom stereocenters. The van der Waals surface area contributed by atoms with Crippen LogP contribution in [0.5, 0.6) is 0 Å². The second-order valence-corrected chi connectivity index (χ2v) is 5.75. The van der Waals surface area contributed by atoms with E-state index in [-0.39, 0.29) is 34.0 Å². The van der Waals surface area contributed by atoms with Crippen LogP contribution in [-0.2, 0) is 4.79 Å². The lowest BCUT2D eigenvalue weighted by Crippen LogP contribution is -2.26. The molecule has 5 heteroatoms. The van der Waals surface area contributed by atoms with Gasteiger partial charge in [0.1, 0.15) is 0 Å². The van der Waals surface area contributed by atoms with Crippen LogP contribution in [-0.4, -0.2) is 17.0 Å². The highest BCUT2D eigenvalue weighted by Gasteiger charge is 2.40. The number of allylic oxidation sites excluding steroid dienone is 2. The number of amides is 1. The van der Waals surface area contributed by atoms with Gasteiger partial charge in [-0.1, -0.05) is 29.8 Å². The van der Waals surface area contributed by atoms with Gasteiger partial charge in [0.2, 0.25) is 5.91 Å². The number of nitrogens with one attached hydrogen (secondary N) is 1. The van der Waals surface area contributed by atoms with Gasteiger partial charge in [-0.25, -0.2) is 4.79 Å². The van der Waals surface area contributed by atoms with Gasteiger partial charge < -0.3 is 10.4 Å². The molecule has 1 amide bonds. The minimum Gasteiger partial charge on any atom is -0.478 e. The van der Waals surface area contributed by atoms with Crippen molar-refractivity contribution < 1.29 is 14.7 Å². The minimum atomic E-state index is -1.10. The molecule has 2 aliphatic rings. The van der Waals surface area contributed by atoms with Crippen LogP contribution in [0, 0.1) is 17.8 Å². The summed E-state index contributed by atoms with van der Waals surface area (Å²) in [6.45, 7) is 0. The number of carboxylic acid groups (broad SMARTS) is 1. The fourth-order valence-electron chi connectivity index (χ4n) is 3.13. The maximum Gasteiger partial charge on any atom is 0.337 e. The number of carbonyl (C=O) groups is 2. The maximum absolute atomic E-state index is 12.3. The zero-order chi connectivity index (χ0) is 14.3. The Bertz CT molecular complexity index is 611. The van der Waals surface area contributed by atoms with Gasteiger partial charge in [-0.2, -0.15) is 0 Å². The molecular formula is C15H14ClNO3. The highest BCUT2D eigenvalue weighted by molar-refractivity contribution is 6.34. The van der Waals surface area contributed by atoms with Crippen molar-refractivity contribution in [2.45, 2.75) is 12.8 Å². The van der Waals surface area contributed by atoms with E-state index in [2.05, 4.69) is 17.5 Å². The van der Waals surface area contributed by atoms with Crippen molar-refractivity contribution in [3.05, 3.63) is 40.9 Å². The first kappa shape index (κ1) is 13.2. The Hall–Kier alpha value is -1.81. The number of rotatable bonds is 3. The monoisotopic (exact) mass is 291 g/mol. The van der Waals surface area contributed by atoms with Gasteiger partial charge in [-0.15, -0.1) is 0 Å². The summed E-state index contributed by atoms with van der Waals surface area (Å²) in [5, 5.41) is 12.1. The van der Waals surface area contributed by atoms with Gasteiger partial charge in [-0.05, 0) is 36.8 Å². The van der Waals surface area contributed by atoms with Crippen molar-refractivity contribution >= 4 is 29.2 Å². The number of para-hydroxylation sites is 1. The van der Waals surface area contributed by atoms with Crippen LogP contribution >= 0.6 is 11.6 Å². The van der Waals surface area contributed by atoms with Crippen LogP contribution in [0.4, 0.5) is 5.69 Å². The first-order valence-electron chi connectivity index (χ1n) is 6.57. The summed E-state index contributed by atoms with van der Waals surface area (Å²) < 4.78 is 0. The molecule has 3 atom stereocenters. The van der Waals surface area contributed by atoms with Gasteiger partial charge in [0.25, 0.3) is 0 Å². The summed E-state index contributed by atoms with van der Waals surface area (Å²) in [5.74, 6) is -0.562. The molecule has 0 radical (unpaired) electrons. The van der Waals surface area contributed by atoms with Gasteiger partial charge in [-0.3, -0.25) is 4.79 Å². The predicted octanol–water partition coefficient (Wildman–Crippen LogP) is 3.19. The summed E-state index contributed by atoms with van der Waals surface area (Å²) in [7, 11) is 0. The van der Waals surface area contributed by atoms with Crippen LogP contribution in [0.3, 0.4) is 0 Å². The molecule has 0 aromatic heterocycles. The number of carbonyl (C=O) groups excluding carboxylic acids is 1. The third-order valence-electron chi connectivity index (χ3n) is 4.11. The topological polar surface area (TPSA) is 66.4 Å². The number of hydrogen-bond donors (Lipinski definition) is 2. The van der Waals surface area contributed by atoms with Crippen LogP contribution in [0.15, 0.2) is 30.4 Å². The van der Waals surface area contributed by atoms with Crippen molar-refractivity contribution in [3.63, 3.8) is 0 Å². The average molecular weight is 292 g/mol. The fraction of sp³-hybridized carbons (Fsp3) is 0.333. The Balaban J connectivity index is 1.83. The quantitative estimate of drug-likeness (QED) is 0.841. The summed E-state index contributed by atoms with van der Waals surface area (Å²) in [4.78, 5) is 23.5. The van der Waals surface area contributed by atoms with E-state index in [9.17, 15) is 9.59 Å². The Morgan fingerprint density at radius 1 is 1.25 bits per heavy atom. The van der Waals surface area contributed by atoms with Crippen molar-refractivity contribution in [1.82, 2.24) is 0 Å². The zero-order valence-electron chi connectivity index (χ0n) is 10.7. The molecule has 4 nitrogen and oxygen atoms in total. The van der Waals surface area contributed by atoms with Crippen molar-refractivity contribution in [2.75, 3.05) is 5.32 Å². The highest BCUT2D eigenvalue weighted by atomic mass is 35.5. The fourth-order valence-corrected chi connectivity index (χ4v) is 3.35. The van der Waals surface area contributed by atoms with Crippen LogP contribution in [0.25, 0.3) is 0 Å². The summed E-state index contributed by atoms with van der Waals surface area (Å²) in [6, 6.07) is 4.57. The number of halogens is 1. The number of hydrogen-bond acceptors (Lipinski definition) is 2. The molecule has 2 bridgehead atoms. The SMILES string of the molecule is O=C(O)c1cccc(Cl)c1NC(=O)C1CC2C=CC1C2. The zero-order valence-corrected chi connectivity index (χ0v) is 11.4. The molecule has 1 aromatic rings. The highest BCUT2D eigenvalue weighted by Crippen LogP contribution is 2.44. The Morgan fingerprint density at radius 3 is 2.65 bits per heavy atom. The van der Waals surface area contributed by atoms with Crippen LogP contribution in [0.1, 0.15) is 23.2 Å². The number of carboxylic acids is 1. The first-order chi connectivity index (χ1) is 9.56. The van der Waals surface area contributed by atoms with Crippen LogP contribution in [0.2, 0.25) is 5.02 Å². The molecule has 0 saturated heterocycles. The lowest BCUT2D eigenvalue weighted by molar-refractivity contribution is -0.120. The molecular weight excluding hydrogens is 278 g/mol. The normalized spacial score (nSPS) is 26.8. The Morgan fingerprint density at radius 2 is 2.05 bits per heavy atom. The van der Waals surface area contributed by atoms with Gasteiger partial charge in [0, 0.05) is 5.92 Å². The van der Waals surface area contributed by atoms with E-state index < -0.39 is 5.97 Å². The van der Waals surface area contributed by atoms with Crippen LogP contribution < -0.4 is 5.32 Å². The maximum atomic E-state index is 12.3.